The third-order valence-electron chi connectivity index (χ3n) is 2.94. The molecule has 0 bridgehead atoms. The number of hydrogen-bond acceptors (Lipinski definition) is 4. The highest BCUT2D eigenvalue weighted by atomic mass is 79.9. The van der Waals surface area contributed by atoms with Crippen LogP contribution in [0.2, 0.25) is 0 Å². The number of nitrogens with zero attached hydrogens (tertiary/aromatic N) is 4. The van der Waals surface area contributed by atoms with E-state index < -0.39 is 0 Å². The standard InChI is InChI=1S/C14H12BrFN4O/c1-9(15)12-7-20(19-18-12)8-14-17-6-13(21-14)10-2-4-11(16)5-3-10/h2-7,9H,8H2,1H3. The number of oxazole rings is 1. The molecule has 0 aliphatic carbocycles. The molecule has 21 heavy (non-hydrogen) atoms. The smallest absolute Gasteiger partial charge is 0.216 e. The fourth-order valence-electron chi connectivity index (χ4n) is 1.84. The summed E-state index contributed by atoms with van der Waals surface area (Å²) in [5.41, 5.74) is 1.63. The van der Waals surface area contributed by atoms with Crippen molar-refractivity contribution in [3.05, 3.63) is 54.1 Å². The summed E-state index contributed by atoms with van der Waals surface area (Å²) in [7, 11) is 0. The first-order valence-corrected chi connectivity index (χ1v) is 7.28. The lowest BCUT2D eigenvalue weighted by Crippen LogP contribution is -2.00. The van der Waals surface area contributed by atoms with E-state index in [0.29, 0.717) is 18.2 Å². The van der Waals surface area contributed by atoms with Gasteiger partial charge in [-0.2, -0.15) is 0 Å². The zero-order chi connectivity index (χ0) is 14.8. The Balaban J connectivity index is 1.76. The van der Waals surface area contributed by atoms with Gasteiger partial charge >= 0.3 is 0 Å². The fraction of sp³-hybridized carbons (Fsp3) is 0.214. The first-order valence-electron chi connectivity index (χ1n) is 6.36. The van der Waals surface area contributed by atoms with Crippen LogP contribution in [0.25, 0.3) is 11.3 Å². The lowest BCUT2D eigenvalue weighted by Gasteiger charge is -1.97. The van der Waals surface area contributed by atoms with Gasteiger partial charge in [-0.25, -0.2) is 14.1 Å². The van der Waals surface area contributed by atoms with Gasteiger partial charge in [-0.05, 0) is 31.2 Å². The van der Waals surface area contributed by atoms with E-state index in [4.69, 9.17) is 4.42 Å². The molecule has 0 spiro atoms. The number of rotatable bonds is 4. The van der Waals surface area contributed by atoms with E-state index in [1.54, 1.807) is 23.0 Å². The molecule has 1 unspecified atom stereocenters. The molecule has 0 radical (unpaired) electrons. The molecule has 3 aromatic rings. The van der Waals surface area contributed by atoms with E-state index >= 15 is 0 Å². The topological polar surface area (TPSA) is 56.7 Å². The van der Waals surface area contributed by atoms with Gasteiger partial charge in [0.05, 0.1) is 22.9 Å². The number of halogens is 2. The molecule has 0 aliphatic heterocycles. The van der Waals surface area contributed by atoms with Crippen LogP contribution >= 0.6 is 15.9 Å². The second kappa shape index (κ2) is 5.77. The third-order valence-corrected chi connectivity index (χ3v) is 3.41. The maximum Gasteiger partial charge on any atom is 0.216 e. The van der Waals surface area contributed by atoms with Crippen LogP contribution in [-0.2, 0) is 6.54 Å². The van der Waals surface area contributed by atoms with Crippen molar-refractivity contribution in [1.29, 1.82) is 0 Å². The molecule has 0 N–H and O–H groups in total. The monoisotopic (exact) mass is 350 g/mol. The summed E-state index contributed by atoms with van der Waals surface area (Å²) >= 11 is 3.44. The summed E-state index contributed by atoms with van der Waals surface area (Å²) in [5.74, 6) is 0.838. The molecule has 0 saturated heterocycles. The Labute approximate surface area is 128 Å². The number of aromatic nitrogens is 4. The fourth-order valence-corrected chi connectivity index (χ4v) is 2.05. The molecule has 3 rings (SSSR count). The minimum Gasteiger partial charge on any atom is -0.439 e. The molecular formula is C14H12BrFN4O. The quantitative estimate of drug-likeness (QED) is 0.675. The lowest BCUT2D eigenvalue weighted by atomic mass is 10.2. The predicted molar refractivity (Wildman–Crippen MR) is 78.4 cm³/mol. The van der Waals surface area contributed by atoms with Gasteiger partial charge in [-0.3, -0.25) is 0 Å². The van der Waals surface area contributed by atoms with Crippen molar-refractivity contribution in [3.8, 4) is 11.3 Å². The number of hydrogen-bond donors (Lipinski definition) is 0. The Bertz CT molecular complexity index is 736. The third kappa shape index (κ3) is 3.18. The van der Waals surface area contributed by atoms with Crippen molar-refractivity contribution in [1.82, 2.24) is 20.0 Å². The van der Waals surface area contributed by atoms with Crippen LogP contribution in [0.4, 0.5) is 4.39 Å². The maximum atomic E-state index is 12.9. The van der Waals surface area contributed by atoms with Crippen molar-refractivity contribution < 1.29 is 8.81 Å². The van der Waals surface area contributed by atoms with Crippen LogP contribution in [-0.4, -0.2) is 20.0 Å². The maximum absolute atomic E-state index is 12.9. The van der Waals surface area contributed by atoms with Gasteiger partial charge in [0.25, 0.3) is 0 Å². The molecule has 0 saturated carbocycles. The Morgan fingerprint density at radius 3 is 2.76 bits per heavy atom. The van der Waals surface area contributed by atoms with Crippen LogP contribution in [0, 0.1) is 5.82 Å². The van der Waals surface area contributed by atoms with E-state index in [-0.39, 0.29) is 10.6 Å². The van der Waals surface area contributed by atoms with Gasteiger partial charge in [-0.1, -0.05) is 21.1 Å². The largest absolute Gasteiger partial charge is 0.439 e. The highest BCUT2D eigenvalue weighted by Crippen LogP contribution is 2.21. The molecule has 0 amide bonds. The molecule has 0 fully saturated rings. The van der Waals surface area contributed by atoms with Gasteiger partial charge in [0.1, 0.15) is 12.4 Å². The van der Waals surface area contributed by atoms with E-state index in [1.165, 1.54) is 12.1 Å². The highest BCUT2D eigenvalue weighted by Gasteiger charge is 2.10. The van der Waals surface area contributed by atoms with Gasteiger partial charge < -0.3 is 4.42 Å². The normalized spacial score (nSPS) is 12.5. The van der Waals surface area contributed by atoms with Crippen LogP contribution in [0.5, 0.6) is 0 Å². The minimum atomic E-state index is -0.280. The van der Waals surface area contributed by atoms with Gasteiger partial charge in [-0.15, -0.1) is 5.10 Å². The molecule has 2 heterocycles. The highest BCUT2D eigenvalue weighted by molar-refractivity contribution is 9.09. The molecule has 7 heteroatoms. The summed E-state index contributed by atoms with van der Waals surface area (Å²) in [6, 6.07) is 6.08. The van der Waals surface area contributed by atoms with Crippen molar-refractivity contribution in [2.24, 2.45) is 0 Å². The summed E-state index contributed by atoms with van der Waals surface area (Å²) in [4.78, 5) is 4.35. The van der Waals surface area contributed by atoms with Gasteiger partial charge in [0.2, 0.25) is 5.89 Å². The zero-order valence-corrected chi connectivity index (χ0v) is 12.8. The average Bonchev–Trinajstić information content (AvgIpc) is 3.10. The summed E-state index contributed by atoms with van der Waals surface area (Å²) in [6.07, 6.45) is 3.45. The second-order valence-corrected chi connectivity index (χ2v) is 5.96. The van der Waals surface area contributed by atoms with E-state index in [0.717, 1.165) is 11.3 Å². The van der Waals surface area contributed by atoms with E-state index in [1.807, 2.05) is 13.1 Å². The van der Waals surface area contributed by atoms with E-state index in [2.05, 4.69) is 31.2 Å². The first kappa shape index (κ1) is 13.9. The van der Waals surface area contributed by atoms with Crippen molar-refractivity contribution in [2.75, 3.05) is 0 Å². The Morgan fingerprint density at radius 1 is 1.33 bits per heavy atom. The van der Waals surface area contributed by atoms with Crippen molar-refractivity contribution >= 4 is 15.9 Å². The zero-order valence-electron chi connectivity index (χ0n) is 11.2. The van der Waals surface area contributed by atoms with Crippen LogP contribution in [0.15, 0.2) is 41.1 Å². The average molecular weight is 351 g/mol. The summed E-state index contributed by atoms with van der Waals surface area (Å²) in [6.45, 7) is 2.38. The minimum absolute atomic E-state index is 0.144. The first-order chi connectivity index (χ1) is 10.1. The van der Waals surface area contributed by atoms with Crippen molar-refractivity contribution in [2.45, 2.75) is 18.3 Å². The number of alkyl halides is 1. The summed E-state index contributed by atoms with van der Waals surface area (Å²) in [5, 5.41) is 8.05. The Morgan fingerprint density at radius 2 is 2.10 bits per heavy atom. The molecular weight excluding hydrogens is 339 g/mol. The Kier molecular flexibility index (Phi) is 3.83. The lowest BCUT2D eigenvalue weighted by molar-refractivity contribution is 0.469. The molecule has 2 aromatic heterocycles. The molecule has 108 valence electrons. The predicted octanol–water partition coefficient (Wildman–Crippen LogP) is 3.58. The summed E-state index contributed by atoms with van der Waals surface area (Å²) < 4.78 is 20.2. The van der Waals surface area contributed by atoms with Crippen LogP contribution in [0.1, 0.15) is 23.3 Å². The Hall–Kier alpha value is -2.02. The van der Waals surface area contributed by atoms with Crippen LogP contribution < -0.4 is 0 Å². The molecule has 0 aliphatic rings. The SMILES string of the molecule is CC(Br)c1cn(Cc2ncc(-c3ccc(F)cc3)o2)nn1. The van der Waals surface area contributed by atoms with Gasteiger partial charge in [0.15, 0.2) is 5.76 Å². The molecule has 1 atom stereocenters. The second-order valence-electron chi connectivity index (χ2n) is 4.58. The number of benzene rings is 1. The molecule has 5 nitrogen and oxygen atoms in total. The van der Waals surface area contributed by atoms with Crippen molar-refractivity contribution in [3.63, 3.8) is 0 Å². The van der Waals surface area contributed by atoms with Crippen LogP contribution in [0.3, 0.4) is 0 Å². The molecule has 1 aromatic carbocycles. The van der Waals surface area contributed by atoms with Gasteiger partial charge in [0, 0.05) is 5.56 Å². The van der Waals surface area contributed by atoms with E-state index in [9.17, 15) is 4.39 Å².